The predicted molar refractivity (Wildman–Crippen MR) is 121 cm³/mol. The molecule has 0 saturated carbocycles. The summed E-state index contributed by atoms with van der Waals surface area (Å²) in [6.07, 6.45) is 0. The maximum Gasteiger partial charge on any atom is 0.197 e. The van der Waals surface area contributed by atoms with Crippen molar-refractivity contribution >= 4 is 28.3 Å². The molecule has 0 spiro atoms. The Morgan fingerprint density at radius 2 is 1.63 bits per heavy atom. The molecule has 3 aromatic carbocycles. The minimum absolute atomic E-state index is 0.588. The molecular weight excluding hydrogens is 392 g/mol. The first-order valence-corrected chi connectivity index (χ1v) is 10.8. The molecule has 0 fully saturated rings. The third-order valence-electron chi connectivity index (χ3n) is 4.85. The lowest BCUT2D eigenvalue weighted by Gasteiger charge is -2.10. The predicted octanol–water partition coefficient (Wildman–Crippen LogP) is 5.42. The fourth-order valence-electron chi connectivity index (χ4n) is 3.36. The molecule has 2 heterocycles. The summed E-state index contributed by atoms with van der Waals surface area (Å²) < 4.78 is 7.91. The van der Waals surface area contributed by atoms with Crippen LogP contribution in [0.15, 0.2) is 84.0 Å². The molecule has 5 rings (SSSR count). The number of hydrogen-bond acceptors (Lipinski definition) is 5. The molecule has 5 aromatic rings. The van der Waals surface area contributed by atoms with Gasteiger partial charge in [0.1, 0.15) is 11.6 Å². The molecule has 0 aliphatic heterocycles. The molecule has 0 aliphatic carbocycles. The standard InChI is InChI=1S/C24H20N4OS/c1-17-11-13-19(14-12-17)29-15-16-30-24-27-26-23-20-9-5-6-10-21(20)25-22(28(23)24)18-7-3-2-4-8-18/h2-14H,15-16H2,1H3. The minimum atomic E-state index is 0.588. The average Bonchev–Trinajstić information content (AvgIpc) is 3.22. The number of aryl methyl sites for hydroxylation is 1. The maximum atomic E-state index is 5.86. The lowest BCUT2D eigenvalue weighted by atomic mass is 10.2. The lowest BCUT2D eigenvalue weighted by molar-refractivity contribution is 0.344. The fraction of sp³-hybridized carbons (Fsp3) is 0.125. The van der Waals surface area contributed by atoms with Crippen LogP contribution in [-0.2, 0) is 0 Å². The summed E-state index contributed by atoms with van der Waals surface area (Å²) in [6.45, 7) is 2.66. The number of ether oxygens (including phenoxy) is 1. The lowest BCUT2D eigenvalue weighted by Crippen LogP contribution is -2.03. The fourth-order valence-corrected chi connectivity index (χ4v) is 4.11. The number of aromatic nitrogens is 4. The molecule has 0 unspecified atom stereocenters. The SMILES string of the molecule is Cc1ccc(OCCSc2nnc3c4ccccc4nc(-c4ccccc4)n23)cc1. The van der Waals surface area contributed by atoms with Crippen LogP contribution < -0.4 is 4.74 Å². The van der Waals surface area contributed by atoms with Crippen molar-refractivity contribution in [3.8, 4) is 17.1 Å². The van der Waals surface area contributed by atoms with Crippen molar-refractivity contribution in [2.45, 2.75) is 12.1 Å². The number of fused-ring (bicyclic) bond motifs is 3. The van der Waals surface area contributed by atoms with Crippen molar-refractivity contribution in [3.05, 3.63) is 84.4 Å². The van der Waals surface area contributed by atoms with E-state index in [0.717, 1.165) is 44.6 Å². The van der Waals surface area contributed by atoms with Crippen molar-refractivity contribution < 1.29 is 4.74 Å². The van der Waals surface area contributed by atoms with E-state index in [0.29, 0.717) is 6.61 Å². The van der Waals surface area contributed by atoms with Crippen LogP contribution in [0.4, 0.5) is 0 Å². The van der Waals surface area contributed by atoms with Gasteiger partial charge in [-0.1, -0.05) is 71.9 Å². The molecule has 148 valence electrons. The van der Waals surface area contributed by atoms with Crippen LogP contribution in [-0.4, -0.2) is 31.9 Å². The largest absolute Gasteiger partial charge is 0.493 e. The summed E-state index contributed by atoms with van der Waals surface area (Å²) in [5, 5.41) is 10.8. The first kappa shape index (κ1) is 18.6. The molecule has 0 aliphatic rings. The topological polar surface area (TPSA) is 52.3 Å². The molecule has 2 aromatic heterocycles. The monoisotopic (exact) mass is 412 g/mol. The first-order chi connectivity index (χ1) is 14.8. The van der Waals surface area contributed by atoms with Gasteiger partial charge >= 0.3 is 0 Å². The van der Waals surface area contributed by atoms with Crippen LogP contribution >= 0.6 is 11.8 Å². The maximum absolute atomic E-state index is 5.86. The summed E-state index contributed by atoms with van der Waals surface area (Å²) in [4.78, 5) is 4.93. The van der Waals surface area contributed by atoms with E-state index < -0.39 is 0 Å². The van der Waals surface area contributed by atoms with Crippen LogP contribution in [0.5, 0.6) is 5.75 Å². The Morgan fingerprint density at radius 3 is 2.47 bits per heavy atom. The van der Waals surface area contributed by atoms with Crippen molar-refractivity contribution in [2.24, 2.45) is 0 Å². The molecule has 30 heavy (non-hydrogen) atoms. The summed E-state index contributed by atoms with van der Waals surface area (Å²) in [5.41, 5.74) is 3.99. The van der Waals surface area contributed by atoms with E-state index in [-0.39, 0.29) is 0 Å². The van der Waals surface area contributed by atoms with Gasteiger partial charge in [0.25, 0.3) is 0 Å². The number of thioether (sulfide) groups is 1. The summed E-state index contributed by atoms with van der Waals surface area (Å²) in [5.74, 6) is 2.48. The Balaban J connectivity index is 1.46. The Kier molecular flexibility index (Phi) is 5.07. The zero-order chi connectivity index (χ0) is 20.3. The van der Waals surface area contributed by atoms with Gasteiger partial charge in [0.15, 0.2) is 10.8 Å². The number of rotatable bonds is 6. The Morgan fingerprint density at radius 1 is 0.867 bits per heavy atom. The van der Waals surface area contributed by atoms with E-state index in [1.54, 1.807) is 11.8 Å². The van der Waals surface area contributed by atoms with Gasteiger partial charge in [0.05, 0.1) is 12.1 Å². The normalized spacial score (nSPS) is 11.2. The van der Waals surface area contributed by atoms with E-state index >= 15 is 0 Å². The Bertz CT molecular complexity index is 1300. The molecule has 0 saturated heterocycles. The molecule has 0 bridgehead atoms. The highest BCUT2D eigenvalue weighted by atomic mass is 32.2. The van der Waals surface area contributed by atoms with Crippen molar-refractivity contribution in [2.75, 3.05) is 12.4 Å². The molecular formula is C24H20N4OS. The van der Waals surface area contributed by atoms with Gasteiger partial charge in [-0.25, -0.2) is 4.98 Å². The van der Waals surface area contributed by atoms with Crippen molar-refractivity contribution in [1.82, 2.24) is 19.6 Å². The van der Waals surface area contributed by atoms with E-state index in [1.807, 2.05) is 59.0 Å². The highest BCUT2D eigenvalue weighted by Gasteiger charge is 2.16. The summed E-state index contributed by atoms with van der Waals surface area (Å²) in [7, 11) is 0. The minimum Gasteiger partial charge on any atom is -0.493 e. The number of benzene rings is 3. The molecule has 0 atom stereocenters. The molecule has 5 nitrogen and oxygen atoms in total. The second kappa shape index (κ2) is 8.16. The van der Waals surface area contributed by atoms with Crippen LogP contribution in [0.3, 0.4) is 0 Å². The van der Waals surface area contributed by atoms with Gasteiger partial charge in [-0.05, 0) is 31.2 Å². The van der Waals surface area contributed by atoms with Crippen LogP contribution in [0.1, 0.15) is 5.56 Å². The summed E-state index contributed by atoms with van der Waals surface area (Å²) >= 11 is 1.62. The second-order valence-electron chi connectivity index (χ2n) is 6.97. The van der Waals surface area contributed by atoms with E-state index in [2.05, 4.69) is 41.4 Å². The Hall–Kier alpha value is -3.38. The third-order valence-corrected chi connectivity index (χ3v) is 5.75. The number of hydrogen-bond donors (Lipinski definition) is 0. The van der Waals surface area contributed by atoms with Crippen LogP contribution in [0.25, 0.3) is 27.9 Å². The van der Waals surface area contributed by atoms with Crippen LogP contribution in [0, 0.1) is 6.92 Å². The van der Waals surface area contributed by atoms with Crippen LogP contribution in [0.2, 0.25) is 0 Å². The third kappa shape index (κ3) is 3.62. The second-order valence-corrected chi connectivity index (χ2v) is 8.03. The van der Waals surface area contributed by atoms with E-state index in [4.69, 9.17) is 9.72 Å². The molecule has 0 radical (unpaired) electrons. The zero-order valence-electron chi connectivity index (χ0n) is 16.5. The Labute approximate surface area is 178 Å². The van der Waals surface area contributed by atoms with Crippen molar-refractivity contribution in [1.29, 1.82) is 0 Å². The highest BCUT2D eigenvalue weighted by molar-refractivity contribution is 7.99. The van der Waals surface area contributed by atoms with Crippen molar-refractivity contribution in [3.63, 3.8) is 0 Å². The van der Waals surface area contributed by atoms with Gasteiger partial charge in [0.2, 0.25) is 0 Å². The summed E-state index contributed by atoms with van der Waals surface area (Å²) in [6, 6.07) is 26.3. The van der Waals surface area contributed by atoms with Gasteiger partial charge < -0.3 is 4.74 Å². The molecule has 0 amide bonds. The van der Waals surface area contributed by atoms with E-state index in [9.17, 15) is 0 Å². The van der Waals surface area contributed by atoms with Gasteiger partial charge in [0, 0.05) is 16.7 Å². The zero-order valence-corrected chi connectivity index (χ0v) is 17.3. The average molecular weight is 413 g/mol. The molecule has 6 heteroatoms. The van der Waals surface area contributed by atoms with Gasteiger partial charge in [-0.2, -0.15) is 0 Å². The first-order valence-electron chi connectivity index (χ1n) is 9.81. The van der Waals surface area contributed by atoms with Gasteiger partial charge in [-0.15, -0.1) is 10.2 Å². The highest BCUT2D eigenvalue weighted by Crippen LogP contribution is 2.28. The van der Waals surface area contributed by atoms with Gasteiger partial charge in [-0.3, -0.25) is 4.40 Å². The number of para-hydroxylation sites is 1. The quantitative estimate of drug-likeness (QED) is 0.275. The van der Waals surface area contributed by atoms with E-state index in [1.165, 1.54) is 5.56 Å². The number of nitrogens with zero attached hydrogens (tertiary/aromatic N) is 4. The smallest absolute Gasteiger partial charge is 0.197 e. The molecule has 0 N–H and O–H groups in total.